The summed E-state index contributed by atoms with van der Waals surface area (Å²) in [6.45, 7) is 0. The summed E-state index contributed by atoms with van der Waals surface area (Å²) in [5, 5.41) is 0. The Bertz CT molecular complexity index is 575. The van der Waals surface area contributed by atoms with Gasteiger partial charge in [0.2, 0.25) is 0 Å². The maximum absolute atomic E-state index is 5.99. The third-order valence-corrected chi connectivity index (χ3v) is 3.12. The Hall–Kier alpha value is -1.86. The SMILES string of the molecule is ClC=C1c2ccccc2C=Nc2ccccc21. The van der Waals surface area contributed by atoms with Crippen LogP contribution in [0.25, 0.3) is 5.57 Å². The largest absolute Gasteiger partial charge is 0.256 e. The lowest BCUT2D eigenvalue weighted by Crippen LogP contribution is -1.90. The minimum atomic E-state index is 0.954. The number of fused-ring (bicyclic) bond motifs is 2. The van der Waals surface area contributed by atoms with Gasteiger partial charge in [0.05, 0.1) is 5.69 Å². The second kappa shape index (κ2) is 4.19. The lowest BCUT2D eigenvalue weighted by Gasteiger charge is -2.08. The molecule has 0 atom stereocenters. The van der Waals surface area contributed by atoms with Crippen molar-refractivity contribution in [1.29, 1.82) is 0 Å². The Morgan fingerprint density at radius 1 is 0.882 bits per heavy atom. The smallest absolute Gasteiger partial charge is 0.0708 e. The van der Waals surface area contributed by atoms with Crippen molar-refractivity contribution >= 4 is 29.1 Å². The zero-order valence-corrected chi connectivity index (χ0v) is 9.85. The predicted molar refractivity (Wildman–Crippen MR) is 73.1 cm³/mol. The number of benzene rings is 2. The molecule has 0 aliphatic carbocycles. The summed E-state index contributed by atoms with van der Waals surface area (Å²) in [5.41, 5.74) is 6.90. The number of nitrogens with zero attached hydrogens (tertiary/aromatic N) is 1. The van der Waals surface area contributed by atoms with Crippen LogP contribution in [0.5, 0.6) is 0 Å². The molecule has 0 spiro atoms. The maximum Gasteiger partial charge on any atom is 0.0708 e. The lowest BCUT2D eigenvalue weighted by molar-refractivity contribution is 1.50. The van der Waals surface area contributed by atoms with Gasteiger partial charge in [-0.1, -0.05) is 54.1 Å². The summed E-state index contributed by atoms with van der Waals surface area (Å²) in [7, 11) is 0. The topological polar surface area (TPSA) is 12.4 Å². The Morgan fingerprint density at radius 2 is 1.59 bits per heavy atom. The van der Waals surface area contributed by atoms with Gasteiger partial charge in [-0.15, -0.1) is 0 Å². The van der Waals surface area contributed by atoms with Gasteiger partial charge in [0.1, 0.15) is 0 Å². The summed E-state index contributed by atoms with van der Waals surface area (Å²) in [6, 6.07) is 16.2. The molecule has 0 bridgehead atoms. The van der Waals surface area contributed by atoms with E-state index in [9.17, 15) is 0 Å². The van der Waals surface area contributed by atoms with E-state index >= 15 is 0 Å². The van der Waals surface area contributed by atoms with Gasteiger partial charge in [-0.25, -0.2) is 0 Å². The molecule has 1 aliphatic heterocycles. The van der Waals surface area contributed by atoms with Crippen LogP contribution in [0.2, 0.25) is 0 Å². The fraction of sp³-hybridized carbons (Fsp3) is 0. The lowest BCUT2D eigenvalue weighted by atomic mass is 9.96. The monoisotopic (exact) mass is 239 g/mol. The molecule has 3 rings (SSSR count). The highest BCUT2D eigenvalue weighted by atomic mass is 35.5. The van der Waals surface area contributed by atoms with Crippen molar-refractivity contribution in [3.8, 4) is 0 Å². The third kappa shape index (κ3) is 1.69. The van der Waals surface area contributed by atoms with E-state index in [2.05, 4.69) is 11.1 Å². The number of rotatable bonds is 0. The van der Waals surface area contributed by atoms with E-state index in [-0.39, 0.29) is 0 Å². The van der Waals surface area contributed by atoms with Crippen LogP contribution >= 0.6 is 11.6 Å². The van der Waals surface area contributed by atoms with Crippen LogP contribution in [0.4, 0.5) is 5.69 Å². The minimum Gasteiger partial charge on any atom is -0.256 e. The van der Waals surface area contributed by atoms with Crippen LogP contribution in [-0.2, 0) is 0 Å². The van der Waals surface area contributed by atoms with Crippen LogP contribution in [0.15, 0.2) is 59.1 Å². The van der Waals surface area contributed by atoms with Crippen LogP contribution in [0.1, 0.15) is 16.7 Å². The fourth-order valence-electron chi connectivity index (χ4n) is 2.07. The van der Waals surface area contributed by atoms with Gasteiger partial charge in [0, 0.05) is 28.4 Å². The first-order chi connectivity index (χ1) is 8.40. The summed E-state index contributed by atoms with van der Waals surface area (Å²) in [6.07, 6.45) is 1.89. The van der Waals surface area contributed by atoms with Crippen LogP contribution < -0.4 is 0 Å². The summed E-state index contributed by atoms with van der Waals surface area (Å²) < 4.78 is 0. The zero-order valence-electron chi connectivity index (χ0n) is 9.10. The summed E-state index contributed by atoms with van der Waals surface area (Å²) >= 11 is 5.99. The predicted octanol–water partition coefficient (Wildman–Crippen LogP) is 4.38. The molecular weight excluding hydrogens is 230 g/mol. The van der Waals surface area contributed by atoms with Crippen molar-refractivity contribution in [1.82, 2.24) is 0 Å². The van der Waals surface area contributed by atoms with Gasteiger partial charge < -0.3 is 0 Å². The zero-order chi connectivity index (χ0) is 11.7. The molecule has 0 N–H and O–H groups in total. The van der Waals surface area contributed by atoms with E-state index < -0.39 is 0 Å². The van der Waals surface area contributed by atoms with Gasteiger partial charge in [0.25, 0.3) is 0 Å². The maximum atomic E-state index is 5.99. The first kappa shape index (κ1) is 10.3. The Morgan fingerprint density at radius 3 is 2.41 bits per heavy atom. The van der Waals surface area contributed by atoms with Crippen molar-refractivity contribution in [2.45, 2.75) is 0 Å². The quantitative estimate of drug-likeness (QED) is 0.552. The Balaban J connectivity index is 2.34. The molecule has 2 heteroatoms. The second-order valence-electron chi connectivity index (χ2n) is 3.89. The molecule has 0 saturated carbocycles. The highest BCUT2D eigenvalue weighted by molar-refractivity contribution is 6.29. The van der Waals surface area contributed by atoms with Crippen molar-refractivity contribution in [2.75, 3.05) is 0 Å². The minimum absolute atomic E-state index is 0.954. The molecule has 1 heterocycles. The van der Waals surface area contributed by atoms with Gasteiger partial charge in [0.15, 0.2) is 0 Å². The highest BCUT2D eigenvalue weighted by Crippen LogP contribution is 2.35. The molecule has 1 nitrogen and oxygen atoms in total. The number of aliphatic imine (C=N–C) groups is 1. The van der Waals surface area contributed by atoms with Crippen molar-refractivity contribution < 1.29 is 0 Å². The second-order valence-corrected chi connectivity index (χ2v) is 4.10. The fourth-order valence-corrected chi connectivity index (χ4v) is 2.31. The number of hydrogen-bond acceptors (Lipinski definition) is 1. The number of halogens is 1. The summed E-state index contributed by atoms with van der Waals surface area (Å²) in [5.74, 6) is 0. The van der Waals surface area contributed by atoms with Gasteiger partial charge in [-0.05, 0) is 11.6 Å². The number of para-hydroxylation sites is 1. The van der Waals surface area contributed by atoms with E-state index in [0.29, 0.717) is 0 Å². The summed E-state index contributed by atoms with van der Waals surface area (Å²) in [4.78, 5) is 4.50. The van der Waals surface area contributed by atoms with E-state index in [0.717, 1.165) is 28.0 Å². The van der Waals surface area contributed by atoms with Crippen LogP contribution in [0, 0.1) is 0 Å². The normalized spacial score (nSPS) is 15.2. The van der Waals surface area contributed by atoms with Crippen LogP contribution in [0.3, 0.4) is 0 Å². The van der Waals surface area contributed by atoms with E-state index in [4.69, 9.17) is 11.6 Å². The van der Waals surface area contributed by atoms with Crippen LogP contribution in [-0.4, -0.2) is 6.21 Å². The third-order valence-electron chi connectivity index (χ3n) is 2.90. The van der Waals surface area contributed by atoms with Gasteiger partial charge in [-0.2, -0.15) is 0 Å². The Kier molecular flexibility index (Phi) is 2.54. The average molecular weight is 240 g/mol. The van der Waals surface area contributed by atoms with E-state index in [1.54, 1.807) is 5.54 Å². The molecule has 1 aliphatic rings. The number of hydrogen-bond donors (Lipinski definition) is 0. The highest BCUT2D eigenvalue weighted by Gasteiger charge is 2.14. The van der Waals surface area contributed by atoms with Crippen molar-refractivity contribution in [2.24, 2.45) is 4.99 Å². The molecule has 17 heavy (non-hydrogen) atoms. The average Bonchev–Trinajstić information content (AvgIpc) is 2.55. The van der Waals surface area contributed by atoms with E-state index in [1.807, 2.05) is 48.7 Å². The first-order valence-corrected chi connectivity index (χ1v) is 5.87. The molecular formula is C15H10ClN. The molecule has 82 valence electrons. The molecule has 2 aromatic carbocycles. The first-order valence-electron chi connectivity index (χ1n) is 5.43. The standard InChI is InChI=1S/C15H10ClN/c16-9-14-12-6-2-1-5-11(12)10-17-15-8-4-3-7-13(14)15/h1-10H. The molecule has 0 aromatic heterocycles. The molecule has 0 unspecified atom stereocenters. The molecule has 0 radical (unpaired) electrons. The molecule has 0 amide bonds. The van der Waals surface area contributed by atoms with E-state index in [1.165, 1.54) is 0 Å². The van der Waals surface area contributed by atoms with Gasteiger partial charge >= 0.3 is 0 Å². The van der Waals surface area contributed by atoms with Crippen molar-refractivity contribution in [3.05, 3.63) is 70.8 Å². The Labute approximate surface area is 105 Å². The van der Waals surface area contributed by atoms with Crippen molar-refractivity contribution in [3.63, 3.8) is 0 Å². The molecule has 0 fully saturated rings. The molecule has 0 saturated heterocycles. The molecule has 2 aromatic rings. The van der Waals surface area contributed by atoms with Gasteiger partial charge in [-0.3, -0.25) is 4.99 Å².